The highest BCUT2D eigenvalue weighted by atomic mass is 79.9. The molecule has 0 saturated carbocycles. The standard InChI is InChI=1S/C11H14BrN3S/c1-5(2)8-9(14-15-11(8)13)7-4-6(3)10(12)16-7/h4-5H,1-3H3,(H3,13,14,15). The van der Waals surface area contributed by atoms with Gasteiger partial charge in [-0.05, 0) is 40.4 Å². The van der Waals surface area contributed by atoms with Crippen LogP contribution in [0.2, 0.25) is 0 Å². The van der Waals surface area contributed by atoms with Crippen molar-refractivity contribution < 1.29 is 0 Å². The maximum Gasteiger partial charge on any atom is 0.149 e. The lowest BCUT2D eigenvalue weighted by Gasteiger charge is -2.05. The van der Waals surface area contributed by atoms with E-state index in [1.807, 2.05) is 0 Å². The summed E-state index contributed by atoms with van der Waals surface area (Å²) in [5, 5.41) is 7.12. The number of hydrogen-bond donors (Lipinski definition) is 2. The van der Waals surface area contributed by atoms with Crippen LogP contribution in [0, 0.1) is 6.92 Å². The lowest BCUT2D eigenvalue weighted by Crippen LogP contribution is -1.94. The highest BCUT2D eigenvalue weighted by Crippen LogP contribution is 2.38. The van der Waals surface area contributed by atoms with Gasteiger partial charge in [0.25, 0.3) is 0 Å². The zero-order chi connectivity index (χ0) is 11.9. The van der Waals surface area contributed by atoms with Crippen LogP contribution < -0.4 is 5.73 Å². The number of halogens is 1. The van der Waals surface area contributed by atoms with Gasteiger partial charge in [0, 0.05) is 5.56 Å². The summed E-state index contributed by atoms with van der Waals surface area (Å²) < 4.78 is 1.16. The number of nitrogens with zero attached hydrogens (tertiary/aromatic N) is 1. The van der Waals surface area contributed by atoms with Crippen LogP contribution in [0.25, 0.3) is 10.6 Å². The van der Waals surface area contributed by atoms with Gasteiger partial charge in [-0.15, -0.1) is 11.3 Å². The SMILES string of the molecule is Cc1cc(-c2[nH]nc(N)c2C(C)C)sc1Br. The molecule has 3 N–H and O–H groups in total. The maximum absolute atomic E-state index is 5.88. The van der Waals surface area contributed by atoms with Gasteiger partial charge in [0.2, 0.25) is 0 Å². The molecule has 2 aromatic rings. The second-order valence-electron chi connectivity index (χ2n) is 4.12. The Hall–Kier alpha value is -0.810. The van der Waals surface area contributed by atoms with Gasteiger partial charge in [-0.3, -0.25) is 5.10 Å². The highest BCUT2D eigenvalue weighted by molar-refractivity contribution is 9.11. The molecule has 0 saturated heterocycles. The summed E-state index contributed by atoms with van der Waals surface area (Å²) >= 11 is 5.24. The van der Waals surface area contributed by atoms with Crippen LogP contribution in [-0.2, 0) is 0 Å². The van der Waals surface area contributed by atoms with Gasteiger partial charge in [0.1, 0.15) is 5.82 Å². The molecule has 0 amide bonds. The average molecular weight is 300 g/mol. The third-order valence-electron chi connectivity index (χ3n) is 2.51. The number of nitrogens with one attached hydrogen (secondary N) is 1. The van der Waals surface area contributed by atoms with E-state index in [0.29, 0.717) is 11.7 Å². The molecular weight excluding hydrogens is 286 g/mol. The van der Waals surface area contributed by atoms with Gasteiger partial charge in [-0.25, -0.2) is 0 Å². The molecule has 0 bridgehead atoms. The summed E-state index contributed by atoms with van der Waals surface area (Å²) in [4.78, 5) is 1.18. The van der Waals surface area contributed by atoms with Crippen molar-refractivity contribution in [1.82, 2.24) is 10.2 Å². The molecule has 0 fully saturated rings. The van der Waals surface area contributed by atoms with E-state index < -0.39 is 0 Å². The van der Waals surface area contributed by atoms with Gasteiger partial charge in [-0.1, -0.05) is 13.8 Å². The summed E-state index contributed by atoms with van der Waals surface area (Å²) in [6, 6.07) is 2.15. The Morgan fingerprint density at radius 2 is 2.19 bits per heavy atom. The van der Waals surface area contributed by atoms with Crippen LogP contribution in [0.5, 0.6) is 0 Å². The Morgan fingerprint density at radius 1 is 1.50 bits per heavy atom. The number of thiophene rings is 1. The topological polar surface area (TPSA) is 54.7 Å². The van der Waals surface area contributed by atoms with Crippen molar-refractivity contribution in [3.05, 3.63) is 21.0 Å². The minimum absolute atomic E-state index is 0.370. The van der Waals surface area contributed by atoms with Crippen LogP contribution >= 0.6 is 27.3 Å². The van der Waals surface area contributed by atoms with Crippen molar-refractivity contribution in [2.24, 2.45) is 0 Å². The number of nitrogen functional groups attached to an aromatic ring is 1. The molecule has 0 aromatic carbocycles. The molecule has 0 unspecified atom stereocenters. The van der Waals surface area contributed by atoms with Crippen molar-refractivity contribution >= 4 is 33.1 Å². The van der Waals surface area contributed by atoms with Crippen molar-refractivity contribution in [3.8, 4) is 10.6 Å². The molecule has 0 spiro atoms. The third-order valence-corrected chi connectivity index (χ3v) is 4.67. The first-order chi connectivity index (χ1) is 7.50. The molecule has 86 valence electrons. The van der Waals surface area contributed by atoms with Crippen molar-refractivity contribution in [2.45, 2.75) is 26.7 Å². The molecule has 3 nitrogen and oxygen atoms in total. The number of aryl methyl sites for hydroxylation is 1. The van der Waals surface area contributed by atoms with Gasteiger partial charge in [0.05, 0.1) is 14.4 Å². The number of H-pyrrole nitrogens is 1. The lowest BCUT2D eigenvalue weighted by atomic mass is 10.0. The van der Waals surface area contributed by atoms with E-state index in [2.05, 4.69) is 53.0 Å². The Bertz CT molecular complexity index is 494. The van der Waals surface area contributed by atoms with Crippen LogP contribution in [0.15, 0.2) is 9.85 Å². The van der Waals surface area contributed by atoms with Gasteiger partial charge in [-0.2, -0.15) is 5.10 Å². The molecule has 0 atom stereocenters. The Balaban J connectivity index is 2.56. The van der Waals surface area contributed by atoms with Crippen LogP contribution in [0.4, 0.5) is 5.82 Å². The summed E-state index contributed by atoms with van der Waals surface area (Å²) in [7, 11) is 0. The quantitative estimate of drug-likeness (QED) is 0.883. The van der Waals surface area contributed by atoms with Gasteiger partial charge < -0.3 is 5.73 Å². The van der Waals surface area contributed by atoms with Crippen LogP contribution in [-0.4, -0.2) is 10.2 Å². The number of rotatable bonds is 2. The van der Waals surface area contributed by atoms with E-state index in [0.717, 1.165) is 15.0 Å². The third kappa shape index (κ3) is 1.89. The van der Waals surface area contributed by atoms with E-state index in [4.69, 9.17) is 5.73 Å². The lowest BCUT2D eigenvalue weighted by molar-refractivity contribution is 0.873. The number of anilines is 1. The second-order valence-corrected chi connectivity index (χ2v) is 6.49. The number of hydrogen-bond acceptors (Lipinski definition) is 3. The maximum atomic E-state index is 5.88. The summed E-state index contributed by atoms with van der Waals surface area (Å²) in [6.07, 6.45) is 0. The zero-order valence-corrected chi connectivity index (χ0v) is 11.9. The monoisotopic (exact) mass is 299 g/mol. The molecule has 0 aliphatic rings. The molecule has 5 heteroatoms. The predicted octanol–water partition coefficient (Wildman–Crippen LogP) is 3.91. The second kappa shape index (κ2) is 4.22. The largest absolute Gasteiger partial charge is 0.382 e. The number of aromatic amines is 1. The predicted molar refractivity (Wildman–Crippen MR) is 72.8 cm³/mol. The van der Waals surface area contributed by atoms with E-state index in [1.54, 1.807) is 11.3 Å². The Kier molecular flexibility index (Phi) is 3.08. The molecule has 16 heavy (non-hydrogen) atoms. The molecule has 2 rings (SSSR count). The molecule has 0 aliphatic carbocycles. The van der Waals surface area contributed by atoms with Crippen LogP contribution in [0.1, 0.15) is 30.9 Å². The van der Waals surface area contributed by atoms with Crippen molar-refractivity contribution in [3.63, 3.8) is 0 Å². The van der Waals surface area contributed by atoms with Gasteiger partial charge >= 0.3 is 0 Å². The smallest absolute Gasteiger partial charge is 0.149 e. The minimum atomic E-state index is 0.370. The first-order valence-electron chi connectivity index (χ1n) is 5.10. The van der Waals surface area contributed by atoms with E-state index in [9.17, 15) is 0 Å². The minimum Gasteiger partial charge on any atom is -0.382 e. The van der Waals surface area contributed by atoms with E-state index in [-0.39, 0.29) is 0 Å². The fourth-order valence-corrected chi connectivity index (χ4v) is 3.26. The molecule has 0 aliphatic heterocycles. The summed E-state index contributed by atoms with van der Waals surface area (Å²) in [6.45, 7) is 6.33. The Labute approximate surface area is 107 Å². The normalized spacial score (nSPS) is 11.3. The molecule has 2 aromatic heterocycles. The molecular formula is C11H14BrN3S. The molecule has 0 radical (unpaired) electrons. The van der Waals surface area contributed by atoms with Crippen LogP contribution in [0.3, 0.4) is 0 Å². The van der Waals surface area contributed by atoms with Crippen molar-refractivity contribution in [1.29, 1.82) is 0 Å². The average Bonchev–Trinajstić information content (AvgIpc) is 2.71. The highest BCUT2D eigenvalue weighted by Gasteiger charge is 2.17. The first-order valence-corrected chi connectivity index (χ1v) is 6.71. The fraction of sp³-hybridized carbons (Fsp3) is 0.364. The number of nitrogens with two attached hydrogens (primary N) is 1. The first kappa shape index (κ1) is 11.7. The Morgan fingerprint density at radius 3 is 2.69 bits per heavy atom. The molecule has 2 heterocycles. The fourth-order valence-electron chi connectivity index (χ4n) is 1.72. The van der Waals surface area contributed by atoms with E-state index >= 15 is 0 Å². The van der Waals surface area contributed by atoms with Gasteiger partial charge in [0.15, 0.2) is 0 Å². The zero-order valence-electron chi connectivity index (χ0n) is 9.47. The summed E-state index contributed by atoms with van der Waals surface area (Å²) in [5.74, 6) is 0.974. The van der Waals surface area contributed by atoms with E-state index in [1.165, 1.54) is 10.4 Å². The number of aromatic nitrogens is 2. The van der Waals surface area contributed by atoms with Crippen molar-refractivity contribution in [2.75, 3.05) is 5.73 Å². The summed E-state index contributed by atoms with van der Waals surface area (Å²) in [5.41, 5.74) is 9.27.